The molecule has 0 aliphatic rings. The van der Waals surface area contributed by atoms with E-state index in [0.717, 1.165) is 11.1 Å². The topological polar surface area (TPSA) is 113 Å². The second kappa shape index (κ2) is 8.70. The molecule has 8 nitrogen and oxygen atoms in total. The summed E-state index contributed by atoms with van der Waals surface area (Å²) < 4.78 is 0. The third-order valence-electron chi connectivity index (χ3n) is 3.87. The SMILES string of the molecule is Cc1ccc(C(=O)NCCC(=O)NCc2nc(-c3ccncc3)n[nH]2)cc1. The van der Waals surface area contributed by atoms with Crippen molar-refractivity contribution in [1.29, 1.82) is 0 Å². The van der Waals surface area contributed by atoms with Crippen LogP contribution in [0.25, 0.3) is 11.4 Å². The number of aryl methyl sites for hydroxylation is 1. The average molecular weight is 364 g/mol. The number of hydrogen-bond acceptors (Lipinski definition) is 5. The van der Waals surface area contributed by atoms with Crippen LogP contribution in [0.15, 0.2) is 48.8 Å². The van der Waals surface area contributed by atoms with Crippen LogP contribution in [0.2, 0.25) is 0 Å². The van der Waals surface area contributed by atoms with E-state index in [-0.39, 0.29) is 31.3 Å². The number of aromatic amines is 1. The third kappa shape index (κ3) is 5.21. The molecule has 8 heteroatoms. The summed E-state index contributed by atoms with van der Waals surface area (Å²) in [6.45, 7) is 2.46. The number of H-pyrrole nitrogens is 1. The number of nitrogens with one attached hydrogen (secondary N) is 3. The number of rotatable bonds is 7. The molecule has 0 fully saturated rings. The first-order chi connectivity index (χ1) is 13.1. The monoisotopic (exact) mass is 364 g/mol. The van der Waals surface area contributed by atoms with Crippen molar-refractivity contribution >= 4 is 11.8 Å². The van der Waals surface area contributed by atoms with Gasteiger partial charge in [-0.25, -0.2) is 4.98 Å². The van der Waals surface area contributed by atoms with Gasteiger partial charge in [-0.1, -0.05) is 17.7 Å². The fourth-order valence-electron chi connectivity index (χ4n) is 2.37. The van der Waals surface area contributed by atoms with Crippen molar-refractivity contribution in [2.75, 3.05) is 6.54 Å². The molecular weight excluding hydrogens is 344 g/mol. The Kier molecular flexibility index (Phi) is 5.88. The highest BCUT2D eigenvalue weighted by molar-refractivity contribution is 5.94. The van der Waals surface area contributed by atoms with Gasteiger partial charge in [-0.05, 0) is 31.2 Å². The van der Waals surface area contributed by atoms with Crippen molar-refractivity contribution in [1.82, 2.24) is 30.8 Å². The first-order valence-electron chi connectivity index (χ1n) is 8.55. The molecule has 138 valence electrons. The molecule has 0 saturated heterocycles. The Morgan fingerprint density at radius 2 is 1.78 bits per heavy atom. The summed E-state index contributed by atoms with van der Waals surface area (Å²) in [7, 11) is 0. The van der Waals surface area contributed by atoms with Crippen LogP contribution in [0.1, 0.15) is 28.2 Å². The first-order valence-corrected chi connectivity index (χ1v) is 8.55. The van der Waals surface area contributed by atoms with Gasteiger partial charge < -0.3 is 10.6 Å². The van der Waals surface area contributed by atoms with Gasteiger partial charge in [0.2, 0.25) is 5.91 Å². The molecule has 0 radical (unpaired) electrons. The molecule has 0 bridgehead atoms. The highest BCUT2D eigenvalue weighted by Crippen LogP contribution is 2.12. The van der Waals surface area contributed by atoms with Crippen LogP contribution in [0.3, 0.4) is 0 Å². The largest absolute Gasteiger partial charge is 0.352 e. The van der Waals surface area contributed by atoms with Crippen molar-refractivity contribution in [2.45, 2.75) is 19.9 Å². The van der Waals surface area contributed by atoms with Crippen LogP contribution in [-0.2, 0) is 11.3 Å². The minimum Gasteiger partial charge on any atom is -0.352 e. The Morgan fingerprint density at radius 1 is 1.04 bits per heavy atom. The van der Waals surface area contributed by atoms with E-state index in [1.165, 1.54) is 0 Å². The Bertz CT molecular complexity index is 905. The van der Waals surface area contributed by atoms with E-state index in [0.29, 0.717) is 17.2 Å². The number of amides is 2. The standard InChI is InChI=1S/C19H20N6O2/c1-13-2-4-15(5-3-13)19(27)21-11-8-17(26)22-12-16-23-18(25-24-16)14-6-9-20-10-7-14/h2-7,9-10H,8,11-12H2,1H3,(H,21,27)(H,22,26)(H,23,24,25). The van der Waals surface area contributed by atoms with Crippen LogP contribution in [0, 0.1) is 6.92 Å². The highest BCUT2D eigenvalue weighted by atomic mass is 16.2. The molecule has 0 spiro atoms. The van der Waals surface area contributed by atoms with Crippen LogP contribution in [0.5, 0.6) is 0 Å². The van der Waals surface area contributed by atoms with Gasteiger partial charge in [-0.2, -0.15) is 5.10 Å². The lowest BCUT2D eigenvalue weighted by Crippen LogP contribution is -2.30. The molecule has 0 aliphatic heterocycles. The zero-order chi connectivity index (χ0) is 19.1. The summed E-state index contributed by atoms with van der Waals surface area (Å²) in [6, 6.07) is 10.9. The maximum Gasteiger partial charge on any atom is 0.251 e. The molecule has 3 rings (SSSR count). The van der Waals surface area contributed by atoms with Crippen molar-refractivity contribution in [2.24, 2.45) is 0 Å². The second-order valence-corrected chi connectivity index (χ2v) is 5.99. The maximum absolute atomic E-state index is 12.0. The molecule has 27 heavy (non-hydrogen) atoms. The number of benzene rings is 1. The molecule has 1 aromatic carbocycles. The lowest BCUT2D eigenvalue weighted by Gasteiger charge is -2.06. The van der Waals surface area contributed by atoms with Gasteiger partial charge in [-0.3, -0.25) is 19.7 Å². The van der Waals surface area contributed by atoms with Crippen LogP contribution in [0.4, 0.5) is 0 Å². The third-order valence-corrected chi connectivity index (χ3v) is 3.87. The average Bonchev–Trinajstić information content (AvgIpc) is 3.16. The summed E-state index contributed by atoms with van der Waals surface area (Å²) in [4.78, 5) is 32.2. The van der Waals surface area contributed by atoms with Crippen LogP contribution >= 0.6 is 0 Å². The summed E-state index contributed by atoms with van der Waals surface area (Å²) >= 11 is 0. The maximum atomic E-state index is 12.0. The minimum atomic E-state index is -0.194. The van der Waals surface area contributed by atoms with Crippen molar-refractivity contribution in [3.63, 3.8) is 0 Å². The van der Waals surface area contributed by atoms with Crippen molar-refractivity contribution in [3.8, 4) is 11.4 Å². The van der Waals surface area contributed by atoms with E-state index in [9.17, 15) is 9.59 Å². The molecular formula is C19H20N6O2. The Balaban J connectivity index is 1.40. The van der Waals surface area contributed by atoms with Crippen LogP contribution in [-0.4, -0.2) is 38.5 Å². The zero-order valence-electron chi connectivity index (χ0n) is 14.9. The molecule has 2 aromatic heterocycles. The van der Waals surface area contributed by atoms with Gasteiger partial charge in [-0.15, -0.1) is 0 Å². The number of hydrogen-bond donors (Lipinski definition) is 3. The fraction of sp³-hybridized carbons (Fsp3) is 0.211. The first kappa shape index (κ1) is 18.2. The molecule has 0 aliphatic carbocycles. The van der Waals surface area contributed by atoms with Gasteiger partial charge in [0.15, 0.2) is 5.82 Å². The summed E-state index contributed by atoms with van der Waals surface area (Å²) in [5.74, 6) is 0.729. The fourth-order valence-corrected chi connectivity index (χ4v) is 2.37. The van der Waals surface area contributed by atoms with E-state index in [4.69, 9.17) is 0 Å². The predicted molar refractivity (Wildman–Crippen MR) is 99.6 cm³/mol. The summed E-state index contributed by atoms with van der Waals surface area (Å²) in [6.07, 6.45) is 3.51. The molecule has 3 aromatic rings. The van der Waals surface area contributed by atoms with E-state index >= 15 is 0 Å². The highest BCUT2D eigenvalue weighted by Gasteiger charge is 2.09. The lowest BCUT2D eigenvalue weighted by atomic mass is 10.1. The van der Waals surface area contributed by atoms with Gasteiger partial charge in [0, 0.05) is 36.5 Å². The van der Waals surface area contributed by atoms with Crippen LogP contribution < -0.4 is 10.6 Å². The quantitative estimate of drug-likeness (QED) is 0.590. The van der Waals surface area contributed by atoms with Gasteiger partial charge in [0.1, 0.15) is 5.82 Å². The van der Waals surface area contributed by atoms with E-state index in [1.807, 2.05) is 31.2 Å². The summed E-state index contributed by atoms with van der Waals surface area (Å²) in [5, 5.41) is 12.4. The number of carbonyl (C=O) groups is 2. The van der Waals surface area contributed by atoms with E-state index in [1.54, 1.807) is 24.5 Å². The van der Waals surface area contributed by atoms with Gasteiger partial charge >= 0.3 is 0 Å². The molecule has 3 N–H and O–H groups in total. The minimum absolute atomic E-state index is 0.180. The molecule has 0 atom stereocenters. The van der Waals surface area contributed by atoms with Gasteiger partial charge in [0.25, 0.3) is 5.91 Å². The Labute approximate surface area is 156 Å². The number of carbonyl (C=O) groups excluding carboxylic acids is 2. The van der Waals surface area contributed by atoms with Crippen molar-refractivity contribution < 1.29 is 9.59 Å². The summed E-state index contributed by atoms with van der Waals surface area (Å²) in [5.41, 5.74) is 2.51. The van der Waals surface area contributed by atoms with E-state index in [2.05, 4.69) is 30.8 Å². The molecule has 0 saturated carbocycles. The zero-order valence-corrected chi connectivity index (χ0v) is 14.9. The van der Waals surface area contributed by atoms with Gasteiger partial charge in [0.05, 0.1) is 6.54 Å². The molecule has 0 unspecified atom stereocenters. The van der Waals surface area contributed by atoms with Crippen molar-refractivity contribution in [3.05, 3.63) is 65.7 Å². The number of aromatic nitrogens is 4. The number of nitrogens with zero attached hydrogens (tertiary/aromatic N) is 3. The predicted octanol–water partition coefficient (Wildman–Crippen LogP) is 1.61. The normalized spacial score (nSPS) is 10.4. The molecule has 2 heterocycles. The molecule has 2 amide bonds. The number of pyridine rings is 1. The second-order valence-electron chi connectivity index (χ2n) is 5.99. The Hall–Kier alpha value is -3.55. The lowest BCUT2D eigenvalue weighted by molar-refractivity contribution is -0.121. The smallest absolute Gasteiger partial charge is 0.251 e. The Morgan fingerprint density at radius 3 is 2.52 bits per heavy atom. The van der Waals surface area contributed by atoms with E-state index < -0.39 is 0 Å².